The smallest absolute Gasteiger partial charge is 0.258 e. The van der Waals surface area contributed by atoms with Crippen LogP contribution in [0, 0.1) is 0 Å². The van der Waals surface area contributed by atoms with Crippen molar-refractivity contribution < 1.29 is 9.26 Å². The molecule has 3 aromatic rings. The Labute approximate surface area is 128 Å². The number of benzene rings is 2. The summed E-state index contributed by atoms with van der Waals surface area (Å²) in [5.41, 5.74) is 6.76. The first-order chi connectivity index (χ1) is 10.7. The summed E-state index contributed by atoms with van der Waals surface area (Å²) in [6, 6.07) is 11.9. The Hall–Kier alpha value is -2.40. The highest BCUT2D eigenvalue weighted by Crippen LogP contribution is 2.39. The minimum Gasteiger partial charge on any atom is -0.496 e. The van der Waals surface area contributed by atoms with Crippen LogP contribution in [-0.2, 0) is 5.54 Å². The van der Waals surface area contributed by atoms with Gasteiger partial charge in [0.1, 0.15) is 5.75 Å². The number of fused-ring (bicyclic) bond motifs is 1. The molecule has 1 fully saturated rings. The van der Waals surface area contributed by atoms with Crippen molar-refractivity contribution in [3.8, 4) is 17.2 Å². The Morgan fingerprint density at radius 1 is 1.14 bits per heavy atom. The van der Waals surface area contributed by atoms with E-state index >= 15 is 0 Å². The molecule has 0 radical (unpaired) electrons. The van der Waals surface area contributed by atoms with E-state index in [0.717, 1.165) is 41.3 Å². The van der Waals surface area contributed by atoms with Crippen LogP contribution in [0.5, 0.6) is 5.75 Å². The molecule has 0 saturated heterocycles. The Bertz CT molecular complexity index is 837. The minimum atomic E-state index is -0.413. The van der Waals surface area contributed by atoms with Crippen LogP contribution < -0.4 is 10.5 Å². The highest BCUT2D eigenvalue weighted by atomic mass is 16.5. The summed E-state index contributed by atoms with van der Waals surface area (Å²) < 4.78 is 10.9. The number of nitrogens with zero attached hydrogens (tertiary/aromatic N) is 2. The summed E-state index contributed by atoms with van der Waals surface area (Å²) in [6.45, 7) is 0. The number of ether oxygens (including phenoxy) is 1. The first-order valence-corrected chi connectivity index (χ1v) is 7.40. The first kappa shape index (κ1) is 13.3. The largest absolute Gasteiger partial charge is 0.496 e. The molecule has 112 valence electrons. The number of methoxy groups -OCH3 is 1. The molecule has 0 spiro atoms. The summed E-state index contributed by atoms with van der Waals surface area (Å²) in [7, 11) is 1.67. The molecule has 1 heterocycles. The highest BCUT2D eigenvalue weighted by Gasteiger charge is 2.39. The number of nitrogens with two attached hydrogens (primary N) is 1. The predicted octanol–water partition coefficient (Wildman–Crippen LogP) is 3.24. The van der Waals surface area contributed by atoms with Gasteiger partial charge >= 0.3 is 0 Å². The summed E-state index contributed by atoms with van der Waals surface area (Å²) in [4.78, 5) is 4.54. The van der Waals surface area contributed by atoms with Gasteiger partial charge < -0.3 is 15.0 Å². The van der Waals surface area contributed by atoms with E-state index in [0.29, 0.717) is 11.7 Å². The molecular weight excluding hydrogens is 278 g/mol. The van der Waals surface area contributed by atoms with Crippen molar-refractivity contribution in [3.63, 3.8) is 0 Å². The van der Waals surface area contributed by atoms with Gasteiger partial charge in [-0.3, -0.25) is 0 Å². The molecule has 22 heavy (non-hydrogen) atoms. The summed E-state index contributed by atoms with van der Waals surface area (Å²) in [5, 5.41) is 6.14. The number of rotatable bonds is 3. The second kappa shape index (κ2) is 4.81. The maximum Gasteiger partial charge on any atom is 0.258 e. The Morgan fingerprint density at radius 3 is 2.59 bits per heavy atom. The second-order valence-electron chi connectivity index (χ2n) is 5.79. The lowest BCUT2D eigenvalue weighted by Gasteiger charge is -2.34. The van der Waals surface area contributed by atoms with Gasteiger partial charge in [0.15, 0.2) is 5.82 Å². The van der Waals surface area contributed by atoms with Crippen LogP contribution in [0.15, 0.2) is 40.9 Å². The van der Waals surface area contributed by atoms with Crippen LogP contribution in [0.4, 0.5) is 0 Å². The SMILES string of the molecule is COc1ccc(-c2nc(C3(N)CCC3)no2)c2ccccc12. The van der Waals surface area contributed by atoms with Crippen molar-refractivity contribution in [1.29, 1.82) is 0 Å². The quantitative estimate of drug-likeness (QED) is 0.803. The van der Waals surface area contributed by atoms with Crippen molar-refractivity contribution >= 4 is 10.8 Å². The third kappa shape index (κ3) is 1.89. The minimum absolute atomic E-state index is 0.413. The Balaban J connectivity index is 1.85. The zero-order valence-corrected chi connectivity index (χ0v) is 12.4. The van der Waals surface area contributed by atoms with Gasteiger partial charge in [0.25, 0.3) is 5.89 Å². The summed E-state index contributed by atoms with van der Waals surface area (Å²) in [5.74, 6) is 1.94. The van der Waals surface area contributed by atoms with Gasteiger partial charge in [-0.05, 0) is 36.8 Å². The van der Waals surface area contributed by atoms with E-state index in [1.807, 2.05) is 36.4 Å². The fraction of sp³-hybridized carbons (Fsp3) is 0.294. The van der Waals surface area contributed by atoms with Crippen molar-refractivity contribution in [2.24, 2.45) is 5.73 Å². The van der Waals surface area contributed by atoms with Gasteiger partial charge in [-0.1, -0.05) is 29.4 Å². The van der Waals surface area contributed by atoms with Gasteiger partial charge in [0.05, 0.1) is 12.6 Å². The van der Waals surface area contributed by atoms with Crippen molar-refractivity contribution in [1.82, 2.24) is 10.1 Å². The van der Waals surface area contributed by atoms with E-state index in [-0.39, 0.29) is 0 Å². The lowest BCUT2D eigenvalue weighted by atomic mass is 9.77. The molecule has 5 nitrogen and oxygen atoms in total. The summed E-state index contributed by atoms with van der Waals surface area (Å²) >= 11 is 0. The van der Waals surface area contributed by atoms with E-state index in [4.69, 9.17) is 15.0 Å². The monoisotopic (exact) mass is 295 g/mol. The molecule has 1 aromatic heterocycles. The fourth-order valence-electron chi connectivity index (χ4n) is 2.95. The van der Waals surface area contributed by atoms with Gasteiger partial charge in [-0.2, -0.15) is 4.98 Å². The third-order valence-electron chi connectivity index (χ3n) is 4.45. The highest BCUT2D eigenvalue weighted by molar-refractivity contribution is 5.98. The van der Waals surface area contributed by atoms with Crippen LogP contribution in [0.1, 0.15) is 25.1 Å². The lowest BCUT2D eigenvalue weighted by Crippen LogP contribution is -2.44. The Kier molecular flexibility index (Phi) is 2.90. The van der Waals surface area contributed by atoms with E-state index in [2.05, 4.69) is 10.1 Å². The average Bonchev–Trinajstić information content (AvgIpc) is 3.01. The maximum atomic E-state index is 6.27. The van der Waals surface area contributed by atoms with Crippen molar-refractivity contribution in [3.05, 3.63) is 42.2 Å². The molecule has 1 aliphatic rings. The molecule has 1 aliphatic carbocycles. The lowest BCUT2D eigenvalue weighted by molar-refractivity contribution is 0.229. The van der Waals surface area contributed by atoms with Crippen molar-refractivity contribution in [2.75, 3.05) is 7.11 Å². The fourth-order valence-corrected chi connectivity index (χ4v) is 2.95. The topological polar surface area (TPSA) is 74.2 Å². The van der Waals surface area contributed by atoms with Gasteiger partial charge in [-0.15, -0.1) is 0 Å². The third-order valence-corrected chi connectivity index (χ3v) is 4.45. The van der Waals surface area contributed by atoms with Crippen LogP contribution in [0.25, 0.3) is 22.2 Å². The number of aromatic nitrogens is 2. The molecule has 0 bridgehead atoms. The molecular formula is C17H17N3O2. The summed E-state index contributed by atoms with van der Waals surface area (Å²) in [6.07, 6.45) is 2.94. The second-order valence-corrected chi connectivity index (χ2v) is 5.79. The molecule has 0 atom stereocenters. The average molecular weight is 295 g/mol. The van der Waals surface area contributed by atoms with Gasteiger partial charge in [-0.25, -0.2) is 0 Å². The van der Waals surface area contributed by atoms with Crippen molar-refractivity contribution in [2.45, 2.75) is 24.8 Å². The zero-order valence-electron chi connectivity index (χ0n) is 12.4. The predicted molar refractivity (Wildman–Crippen MR) is 83.5 cm³/mol. The molecule has 2 N–H and O–H groups in total. The molecule has 0 unspecified atom stereocenters. The zero-order chi connectivity index (χ0) is 15.2. The van der Waals surface area contributed by atoms with Crippen LogP contribution in [0.2, 0.25) is 0 Å². The van der Waals surface area contributed by atoms with E-state index in [1.165, 1.54) is 0 Å². The first-order valence-electron chi connectivity index (χ1n) is 7.40. The van der Waals surface area contributed by atoms with Gasteiger partial charge in [0.2, 0.25) is 0 Å². The molecule has 5 heteroatoms. The van der Waals surface area contributed by atoms with E-state index < -0.39 is 5.54 Å². The molecule has 1 saturated carbocycles. The standard InChI is InChI=1S/C17H17N3O2/c1-21-14-8-7-13(11-5-2-3-6-12(11)14)15-19-16(20-22-15)17(18)9-4-10-17/h2-3,5-8H,4,9-10,18H2,1H3. The molecule has 0 aliphatic heterocycles. The molecule has 2 aromatic carbocycles. The normalized spacial score (nSPS) is 16.5. The van der Waals surface area contributed by atoms with E-state index in [9.17, 15) is 0 Å². The van der Waals surface area contributed by atoms with E-state index in [1.54, 1.807) is 7.11 Å². The van der Waals surface area contributed by atoms with Gasteiger partial charge in [0, 0.05) is 10.9 Å². The molecule has 0 amide bonds. The number of hydrogen-bond acceptors (Lipinski definition) is 5. The van der Waals surface area contributed by atoms with Crippen LogP contribution >= 0.6 is 0 Å². The number of hydrogen-bond donors (Lipinski definition) is 1. The van der Waals surface area contributed by atoms with Crippen LogP contribution in [-0.4, -0.2) is 17.3 Å². The molecule has 4 rings (SSSR count). The van der Waals surface area contributed by atoms with Crippen LogP contribution in [0.3, 0.4) is 0 Å². The Morgan fingerprint density at radius 2 is 1.91 bits per heavy atom. The maximum absolute atomic E-state index is 6.27.